The fourth-order valence-corrected chi connectivity index (χ4v) is 3.16. The maximum Gasteiger partial charge on any atom is 0.237 e. The predicted molar refractivity (Wildman–Crippen MR) is 96.7 cm³/mol. The lowest BCUT2D eigenvalue weighted by molar-refractivity contribution is -0.134. The molecule has 2 rings (SSSR count). The van der Waals surface area contributed by atoms with E-state index in [-0.39, 0.29) is 24.3 Å². The van der Waals surface area contributed by atoms with Gasteiger partial charge in [0.25, 0.3) is 0 Å². The van der Waals surface area contributed by atoms with Crippen LogP contribution in [0, 0.1) is 11.8 Å². The molecule has 0 spiro atoms. The third-order valence-electron chi connectivity index (χ3n) is 4.25. The number of nitrogens with zero attached hydrogens (tertiary/aromatic N) is 3. The highest BCUT2D eigenvalue weighted by Gasteiger charge is 2.31. The summed E-state index contributed by atoms with van der Waals surface area (Å²) in [5, 5.41) is 5.80. The zero-order valence-electron chi connectivity index (χ0n) is 15.8. The summed E-state index contributed by atoms with van der Waals surface area (Å²) in [6, 6.07) is -0.378. The number of imidazole rings is 1. The van der Waals surface area contributed by atoms with Crippen LogP contribution < -0.4 is 10.6 Å². The number of hydrogen-bond donors (Lipinski definition) is 2. The fraction of sp³-hybridized carbons (Fsp3) is 0.722. The molecule has 0 bridgehead atoms. The van der Waals surface area contributed by atoms with Gasteiger partial charge in [0, 0.05) is 32.4 Å². The maximum absolute atomic E-state index is 12.4. The average molecular weight is 349 g/mol. The first-order valence-corrected chi connectivity index (χ1v) is 9.14. The molecule has 0 aromatic carbocycles. The van der Waals surface area contributed by atoms with Crippen LogP contribution in [0.5, 0.6) is 0 Å². The first-order chi connectivity index (χ1) is 11.9. The van der Waals surface area contributed by atoms with Gasteiger partial charge in [0.15, 0.2) is 0 Å². The predicted octanol–water partition coefficient (Wildman–Crippen LogP) is 1.00. The highest BCUT2D eigenvalue weighted by Crippen LogP contribution is 2.12. The lowest BCUT2D eigenvalue weighted by Gasteiger charge is -2.35. The van der Waals surface area contributed by atoms with Gasteiger partial charge in [0.1, 0.15) is 0 Å². The lowest BCUT2D eigenvalue weighted by atomic mass is 10.1. The zero-order valence-corrected chi connectivity index (χ0v) is 15.8. The summed E-state index contributed by atoms with van der Waals surface area (Å²) in [5.74, 6) is 0.820. The van der Waals surface area contributed by atoms with Crippen molar-refractivity contribution in [1.29, 1.82) is 0 Å². The Balaban J connectivity index is 1.90. The summed E-state index contributed by atoms with van der Waals surface area (Å²) in [6.07, 6.45) is 3.76. The van der Waals surface area contributed by atoms with Gasteiger partial charge in [-0.15, -0.1) is 0 Å². The van der Waals surface area contributed by atoms with E-state index >= 15 is 0 Å². The number of aromatic nitrogens is 2. The first-order valence-electron chi connectivity index (χ1n) is 9.14. The fourth-order valence-electron chi connectivity index (χ4n) is 3.16. The molecule has 0 unspecified atom stereocenters. The van der Waals surface area contributed by atoms with Crippen LogP contribution in [0.3, 0.4) is 0 Å². The third kappa shape index (κ3) is 5.85. The van der Waals surface area contributed by atoms with Crippen molar-refractivity contribution in [2.45, 2.75) is 53.2 Å². The number of carbonyl (C=O) groups is 2. The third-order valence-corrected chi connectivity index (χ3v) is 4.25. The van der Waals surface area contributed by atoms with Crippen LogP contribution in [0.25, 0.3) is 0 Å². The van der Waals surface area contributed by atoms with Crippen molar-refractivity contribution in [3.63, 3.8) is 0 Å². The van der Waals surface area contributed by atoms with Crippen molar-refractivity contribution in [1.82, 2.24) is 25.1 Å². The zero-order chi connectivity index (χ0) is 18.4. The molecule has 25 heavy (non-hydrogen) atoms. The molecule has 0 aliphatic carbocycles. The van der Waals surface area contributed by atoms with E-state index in [1.807, 2.05) is 0 Å². The second kappa shape index (κ2) is 8.99. The van der Waals surface area contributed by atoms with Crippen LogP contribution in [0.1, 0.15) is 39.8 Å². The first kappa shape index (κ1) is 19.4. The molecule has 1 saturated heterocycles. The summed E-state index contributed by atoms with van der Waals surface area (Å²) in [7, 11) is 0. The number of hydrogen-bond acceptors (Lipinski definition) is 4. The SMILES string of the molecule is CC(C)CN1CCNC(=O)[C@@H]1CC(=O)NCc1cncn1CC(C)C. The number of carbonyl (C=O) groups excluding carboxylic acids is 2. The molecule has 0 radical (unpaired) electrons. The second-order valence-electron chi connectivity index (χ2n) is 7.61. The molecule has 7 nitrogen and oxygen atoms in total. The number of rotatable bonds is 8. The number of amides is 2. The summed E-state index contributed by atoms with van der Waals surface area (Å²) >= 11 is 0. The van der Waals surface area contributed by atoms with Crippen molar-refractivity contribution < 1.29 is 9.59 Å². The maximum atomic E-state index is 12.4. The van der Waals surface area contributed by atoms with E-state index in [9.17, 15) is 9.59 Å². The van der Waals surface area contributed by atoms with E-state index in [0.717, 1.165) is 25.3 Å². The summed E-state index contributed by atoms with van der Waals surface area (Å²) < 4.78 is 2.06. The van der Waals surface area contributed by atoms with Crippen molar-refractivity contribution in [3.05, 3.63) is 18.2 Å². The highest BCUT2D eigenvalue weighted by molar-refractivity contribution is 5.88. The average Bonchev–Trinajstić information content (AvgIpc) is 2.94. The molecular weight excluding hydrogens is 318 g/mol. The van der Waals surface area contributed by atoms with E-state index in [0.29, 0.717) is 24.9 Å². The minimum atomic E-state index is -0.378. The van der Waals surface area contributed by atoms with Crippen molar-refractivity contribution in [2.24, 2.45) is 11.8 Å². The van der Waals surface area contributed by atoms with E-state index in [2.05, 4.69) is 52.8 Å². The minimum Gasteiger partial charge on any atom is -0.353 e. The Morgan fingerprint density at radius 3 is 2.72 bits per heavy atom. The quantitative estimate of drug-likeness (QED) is 0.734. The van der Waals surface area contributed by atoms with Gasteiger partial charge in [-0.3, -0.25) is 14.5 Å². The molecule has 2 N–H and O–H groups in total. The van der Waals surface area contributed by atoms with E-state index in [1.54, 1.807) is 12.5 Å². The van der Waals surface area contributed by atoms with Crippen LogP contribution in [0.2, 0.25) is 0 Å². The van der Waals surface area contributed by atoms with Gasteiger partial charge >= 0.3 is 0 Å². The van der Waals surface area contributed by atoms with Crippen LogP contribution in [0.4, 0.5) is 0 Å². The Morgan fingerprint density at radius 1 is 1.32 bits per heavy atom. The molecule has 2 amide bonds. The van der Waals surface area contributed by atoms with Crippen LogP contribution >= 0.6 is 0 Å². The van der Waals surface area contributed by atoms with Gasteiger partial charge in [0.2, 0.25) is 11.8 Å². The molecular formula is C18H31N5O2. The Labute approximate surface area is 150 Å². The molecule has 1 aromatic heterocycles. The molecule has 7 heteroatoms. The number of nitrogens with one attached hydrogen (secondary N) is 2. The largest absolute Gasteiger partial charge is 0.353 e. The van der Waals surface area contributed by atoms with Gasteiger partial charge in [-0.25, -0.2) is 4.98 Å². The van der Waals surface area contributed by atoms with E-state index < -0.39 is 0 Å². The van der Waals surface area contributed by atoms with Gasteiger partial charge in [-0.1, -0.05) is 27.7 Å². The van der Waals surface area contributed by atoms with Gasteiger partial charge in [-0.2, -0.15) is 0 Å². The van der Waals surface area contributed by atoms with Gasteiger partial charge < -0.3 is 15.2 Å². The van der Waals surface area contributed by atoms with Crippen LogP contribution in [-0.4, -0.2) is 51.9 Å². The normalized spacial score (nSPS) is 18.6. The molecule has 2 heterocycles. The van der Waals surface area contributed by atoms with Crippen molar-refractivity contribution in [2.75, 3.05) is 19.6 Å². The molecule has 0 saturated carbocycles. The molecule has 1 aliphatic rings. The Kier molecular flexibility index (Phi) is 6.99. The molecule has 140 valence electrons. The van der Waals surface area contributed by atoms with Crippen molar-refractivity contribution in [3.8, 4) is 0 Å². The van der Waals surface area contributed by atoms with Gasteiger partial charge in [-0.05, 0) is 11.8 Å². The molecule has 1 aliphatic heterocycles. The molecule has 1 atom stereocenters. The molecule has 1 fully saturated rings. The van der Waals surface area contributed by atoms with E-state index in [1.165, 1.54) is 0 Å². The second-order valence-corrected chi connectivity index (χ2v) is 7.61. The van der Waals surface area contributed by atoms with Crippen LogP contribution in [-0.2, 0) is 22.7 Å². The smallest absolute Gasteiger partial charge is 0.237 e. The van der Waals surface area contributed by atoms with Crippen LogP contribution in [0.15, 0.2) is 12.5 Å². The monoisotopic (exact) mass is 349 g/mol. The van der Waals surface area contributed by atoms with E-state index in [4.69, 9.17) is 0 Å². The van der Waals surface area contributed by atoms with Crippen molar-refractivity contribution >= 4 is 11.8 Å². The summed E-state index contributed by atoms with van der Waals surface area (Å²) in [6.45, 7) is 12.1. The Hall–Kier alpha value is -1.89. The lowest BCUT2D eigenvalue weighted by Crippen LogP contribution is -2.57. The number of piperazine rings is 1. The Morgan fingerprint density at radius 2 is 2.04 bits per heavy atom. The standard InChI is InChI=1S/C18H31N5O2/c1-13(2)10-22-6-5-20-18(25)16(22)7-17(24)21-9-15-8-19-12-23(15)11-14(3)4/h8,12-14,16H,5-7,9-11H2,1-4H3,(H,20,25)(H,21,24)/t16-/m0/s1. The minimum absolute atomic E-state index is 0.0492. The summed E-state index contributed by atoms with van der Waals surface area (Å²) in [4.78, 5) is 30.8. The summed E-state index contributed by atoms with van der Waals surface area (Å²) in [5.41, 5.74) is 0.981. The topological polar surface area (TPSA) is 79.3 Å². The molecule has 1 aromatic rings. The Bertz CT molecular complexity index is 582. The highest BCUT2D eigenvalue weighted by atomic mass is 16.2. The van der Waals surface area contributed by atoms with Gasteiger partial charge in [0.05, 0.1) is 31.0 Å².